The molecule has 1 heterocycles. The normalized spacial score (nSPS) is 13.8. The Balaban J connectivity index is 2.48. The first kappa shape index (κ1) is 13.5. The second-order valence-electron chi connectivity index (χ2n) is 3.02. The lowest BCUT2D eigenvalue weighted by Crippen LogP contribution is -2.30. The van der Waals surface area contributed by atoms with Crippen LogP contribution in [0.5, 0.6) is 0 Å². The molecule has 1 rings (SSSR count). The van der Waals surface area contributed by atoms with Gasteiger partial charge >= 0.3 is 6.18 Å². The van der Waals surface area contributed by atoms with E-state index in [1.165, 1.54) is 12.1 Å². The van der Waals surface area contributed by atoms with Crippen LogP contribution in [-0.2, 0) is 4.74 Å². The molecule has 1 atom stereocenters. The van der Waals surface area contributed by atoms with Crippen LogP contribution in [0.3, 0.4) is 0 Å². The van der Waals surface area contributed by atoms with E-state index in [1.807, 2.05) is 0 Å². The lowest BCUT2D eigenvalue weighted by Gasteiger charge is -2.15. The van der Waals surface area contributed by atoms with Gasteiger partial charge in [0.2, 0.25) is 0 Å². The Morgan fingerprint density at radius 1 is 1.56 bits per heavy atom. The van der Waals surface area contributed by atoms with Gasteiger partial charge in [-0.2, -0.15) is 13.2 Å². The molecule has 0 spiro atoms. The molecule has 0 saturated heterocycles. The van der Waals surface area contributed by atoms with E-state index in [4.69, 9.17) is 11.6 Å². The molecule has 16 heavy (non-hydrogen) atoms. The van der Waals surface area contributed by atoms with Crippen molar-refractivity contribution >= 4 is 28.7 Å². The number of rotatable bonds is 4. The third kappa shape index (κ3) is 3.77. The largest absolute Gasteiger partial charge is 0.414 e. The average Bonchev–Trinajstić information content (AvgIpc) is 2.59. The molecular formula is C9H8ClF3O2S. The zero-order valence-corrected chi connectivity index (χ0v) is 9.75. The zero-order valence-electron chi connectivity index (χ0n) is 8.18. The molecule has 1 unspecified atom stereocenters. The van der Waals surface area contributed by atoms with Gasteiger partial charge in [-0.3, -0.25) is 4.79 Å². The Labute approximate surface area is 99.0 Å². The Bertz CT molecular complexity index is 375. The molecule has 0 N–H and O–H groups in total. The van der Waals surface area contributed by atoms with Crippen LogP contribution in [0, 0.1) is 0 Å². The Kier molecular flexibility index (Phi) is 4.35. The summed E-state index contributed by atoms with van der Waals surface area (Å²) in [6.45, 7) is 0.256. The maximum Gasteiger partial charge on any atom is 0.414 e. The quantitative estimate of drug-likeness (QED) is 0.784. The smallest absolute Gasteiger partial charge is 0.361 e. The zero-order chi connectivity index (χ0) is 12.3. The Morgan fingerprint density at radius 2 is 2.19 bits per heavy atom. The van der Waals surface area contributed by atoms with Crippen molar-refractivity contribution in [2.24, 2.45) is 0 Å². The predicted molar refractivity (Wildman–Crippen MR) is 55.1 cm³/mol. The van der Waals surface area contributed by atoms with Crippen LogP contribution in [0.1, 0.15) is 16.6 Å². The Hall–Kier alpha value is -0.590. The molecule has 1 aromatic heterocycles. The number of halogens is 4. The van der Waals surface area contributed by atoms with Crippen molar-refractivity contribution in [3.63, 3.8) is 0 Å². The molecule has 0 bridgehead atoms. The summed E-state index contributed by atoms with van der Waals surface area (Å²) >= 11 is 6.59. The molecule has 0 aliphatic carbocycles. The summed E-state index contributed by atoms with van der Waals surface area (Å²) in [5, 5.41) is 0. The Morgan fingerprint density at radius 3 is 2.62 bits per heavy atom. The number of alkyl halides is 3. The minimum Gasteiger partial charge on any atom is -0.361 e. The van der Waals surface area contributed by atoms with Gasteiger partial charge < -0.3 is 4.74 Å². The maximum absolute atomic E-state index is 12.1. The summed E-state index contributed by atoms with van der Waals surface area (Å²) < 4.78 is 41.0. The number of ether oxygens (including phenoxy) is 1. The fraction of sp³-hybridized carbons (Fsp3) is 0.444. The van der Waals surface area contributed by atoms with Crippen molar-refractivity contribution in [1.82, 2.24) is 0 Å². The van der Waals surface area contributed by atoms with Gasteiger partial charge in [0.1, 0.15) is 6.61 Å². The van der Waals surface area contributed by atoms with E-state index in [-0.39, 0.29) is 0 Å². The molecule has 0 radical (unpaired) electrons. The average molecular weight is 273 g/mol. The molecule has 1 aromatic rings. The lowest BCUT2D eigenvalue weighted by atomic mass is 10.3. The van der Waals surface area contributed by atoms with Crippen molar-refractivity contribution in [3.05, 3.63) is 21.3 Å². The van der Waals surface area contributed by atoms with Crippen molar-refractivity contribution in [1.29, 1.82) is 0 Å². The number of ketones is 1. The summed E-state index contributed by atoms with van der Waals surface area (Å²) in [6, 6.07) is 2.96. The minimum atomic E-state index is -4.45. The third-order valence-corrected chi connectivity index (χ3v) is 3.05. The summed E-state index contributed by atoms with van der Waals surface area (Å²) in [5.74, 6) is -0.506. The van der Waals surface area contributed by atoms with E-state index in [1.54, 1.807) is 0 Å². The van der Waals surface area contributed by atoms with E-state index < -0.39 is 24.7 Å². The number of carbonyl (C=O) groups is 1. The van der Waals surface area contributed by atoms with Gasteiger partial charge in [-0.05, 0) is 19.1 Å². The van der Waals surface area contributed by atoms with Crippen molar-refractivity contribution in [2.75, 3.05) is 6.61 Å². The summed E-state index contributed by atoms with van der Waals surface area (Å²) in [5.41, 5.74) is 0. The molecule has 2 nitrogen and oxygen atoms in total. The predicted octanol–water partition coefficient (Wildman–Crippen LogP) is 3.55. The molecule has 0 saturated carbocycles. The molecular weight excluding hydrogens is 265 g/mol. The van der Waals surface area contributed by atoms with E-state index >= 15 is 0 Å². The SMILES string of the molecule is CC(OCC(=O)c1ccc(Cl)s1)C(F)(F)F. The highest BCUT2D eigenvalue weighted by atomic mass is 35.5. The standard InChI is InChI=1S/C9H8ClF3O2S/c1-5(9(11,12)13)15-4-6(14)7-2-3-8(10)16-7/h2-3,5H,4H2,1H3. The second-order valence-corrected chi connectivity index (χ2v) is 4.74. The fourth-order valence-electron chi connectivity index (χ4n) is 0.830. The van der Waals surface area contributed by atoms with Gasteiger partial charge in [-0.15, -0.1) is 11.3 Å². The number of carbonyl (C=O) groups excluding carboxylic acids is 1. The van der Waals surface area contributed by atoms with Crippen LogP contribution < -0.4 is 0 Å². The molecule has 90 valence electrons. The first-order chi connectivity index (χ1) is 7.30. The fourth-order valence-corrected chi connectivity index (χ4v) is 1.80. The molecule has 0 aliphatic heterocycles. The highest BCUT2D eigenvalue weighted by Crippen LogP contribution is 2.24. The monoisotopic (exact) mass is 272 g/mol. The molecule has 7 heteroatoms. The topological polar surface area (TPSA) is 26.3 Å². The van der Waals surface area contributed by atoms with Crippen LogP contribution in [0.25, 0.3) is 0 Å². The van der Waals surface area contributed by atoms with Gasteiger partial charge in [-0.25, -0.2) is 0 Å². The summed E-state index contributed by atoms with van der Waals surface area (Å²) in [4.78, 5) is 11.6. The van der Waals surface area contributed by atoms with E-state index in [2.05, 4.69) is 4.74 Å². The van der Waals surface area contributed by atoms with Crippen LogP contribution in [0.2, 0.25) is 4.34 Å². The van der Waals surface area contributed by atoms with E-state index in [9.17, 15) is 18.0 Å². The van der Waals surface area contributed by atoms with Crippen molar-refractivity contribution in [3.8, 4) is 0 Å². The number of hydrogen-bond donors (Lipinski definition) is 0. The van der Waals surface area contributed by atoms with Crippen LogP contribution in [0.4, 0.5) is 13.2 Å². The van der Waals surface area contributed by atoms with Crippen molar-refractivity contribution in [2.45, 2.75) is 19.2 Å². The van der Waals surface area contributed by atoms with Gasteiger partial charge in [0.15, 0.2) is 11.9 Å². The molecule has 0 aromatic carbocycles. The number of Topliss-reactive ketones (excluding diaryl/α,β-unsaturated/α-hetero) is 1. The third-order valence-electron chi connectivity index (χ3n) is 1.77. The maximum atomic E-state index is 12.1. The van der Waals surface area contributed by atoms with Gasteiger partial charge in [0.05, 0.1) is 9.21 Å². The van der Waals surface area contributed by atoms with E-state index in [0.717, 1.165) is 18.3 Å². The second kappa shape index (κ2) is 5.16. The van der Waals surface area contributed by atoms with Gasteiger partial charge in [0.25, 0.3) is 0 Å². The number of thiophene rings is 1. The highest BCUT2D eigenvalue weighted by Gasteiger charge is 2.37. The molecule has 0 amide bonds. The molecule has 0 aliphatic rings. The van der Waals surface area contributed by atoms with Crippen LogP contribution >= 0.6 is 22.9 Å². The van der Waals surface area contributed by atoms with Crippen LogP contribution in [0.15, 0.2) is 12.1 Å². The highest BCUT2D eigenvalue weighted by molar-refractivity contribution is 7.18. The van der Waals surface area contributed by atoms with Gasteiger partial charge in [-0.1, -0.05) is 11.6 Å². The number of hydrogen-bond acceptors (Lipinski definition) is 3. The first-order valence-electron chi connectivity index (χ1n) is 4.27. The first-order valence-corrected chi connectivity index (χ1v) is 5.47. The van der Waals surface area contributed by atoms with E-state index in [0.29, 0.717) is 9.21 Å². The summed E-state index contributed by atoms with van der Waals surface area (Å²) in [6.07, 6.45) is -6.40. The summed E-state index contributed by atoms with van der Waals surface area (Å²) in [7, 11) is 0. The van der Waals surface area contributed by atoms with Crippen molar-refractivity contribution < 1.29 is 22.7 Å². The lowest BCUT2D eigenvalue weighted by molar-refractivity contribution is -0.210. The molecule has 0 fully saturated rings. The minimum absolute atomic E-state index is 0.291. The van der Waals surface area contributed by atoms with Crippen LogP contribution in [-0.4, -0.2) is 24.7 Å². The van der Waals surface area contributed by atoms with Gasteiger partial charge in [0, 0.05) is 0 Å².